The molecule has 0 saturated heterocycles. The van der Waals surface area contributed by atoms with Crippen molar-refractivity contribution >= 4 is 23.3 Å². The van der Waals surface area contributed by atoms with Crippen LogP contribution in [0.5, 0.6) is 0 Å². The third kappa shape index (κ3) is 6.43. The average Bonchev–Trinajstić information content (AvgIpc) is 2.70. The van der Waals surface area contributed by atoms with Gasteiger partial charge in [0.25, 0.3) is 11.3 Å². The summed E-state index contributed by atoms with van der Waals surface area (Å²) in [6, 6.07) is 8.19. The number of amides is 1. The highest BCUT2D eigenvalue weighted by atomic mass is 19.4. The number of carbonyl (C=O) groups excluding carboxylic acids is 2. The number of Topliss-reactive ketones (excluding diaryl/α,β-unsaturated/α-hetero) is 1. The van der Waals surface area contributed by atoms with Crippen LogP contribution in [0.1, 0.15) is 19.4 Å². The number of nitrogens with one attached hydrogen (secondary N) is 3. The molecule has 1 aromatic carbocycles. The third-order valence-electron chi connectivity index (χ3n) is 4.51. The van der Waals surface area contributed by atoms with Crippen molar-refractivity contribution in [1.82, 2.24) is 10.3 Å². The summed E-state index contributed by atoms with van der Waals surface area (Å²) in [5.74, 6) is -5.11. The van der Waals surface area contributed by atoms with E-state index in [9.17, 15) is 32.3 Å². The van der Waals surface area contributed by atoms with Gasteiger partial charge in [-0.15, -0.1) is 0 Å². The molecule has 4 N–H and O–H groups in total. The van der Waals surface area contributed by atoms with Crippen molar-refractivity contribution in [2.45, 2.75) is 32.5 Å². The van der Waals surface area contributed by atoms with Gasteiger partial charge in [-0.05, 0) is 23.1 Å². The quantitative estimate of drug-likeness (QED) is 0.462. The Labute approximate surface area is 180 Å². The van der Waals surface area contributed by atoms with Gasteiger partial charge >= 0.3 is 12.1 Å². The van der Waals surface area contributed by atoms with E-state index in [0.29, 0.717) is 11.3 Å². The molecule has 0 aliphatic heterocycles. The minimum Gasteiger partial charge on any atom is -0.480 e. The van der Waals surface area contributed by atoms with Crippen molar-refractivity contribution in [2.75, 3.05) is 11.9 Å². The standard InChI is InChI=1S/C21H22F3N3O5/c1-11(2)17(19(31)21(22,23)24)27-15(28)9-13-8-14(12-6-4-3-5-7-12)26-20(32)18(13)25-10-16(29)30/h3-8,11,17,25H,9-10H2,1-2H3,(H,26,32)(H,27,28)(H,29,30). The van der Waals surface area contributed by atoms with E-state index in [1.807, 2.05) is 0 Å². The average molecular weight is 453 g/mol. The second-order valence-electron chi connectivity index (χ2n) is 7.35. The number of carbonyl (C=O) groups is 3. The Hall–Kier alpha value is -3.63. The molecular formula is C21H22F3N3O5. The molecule has 0 radical (unpaired) electrons. The third-order valence-corrected chi connectivity index (χ3v) is 4.51. The summed E-state index contributed by atoms with van der Waals surface area (Å²) in [5, 5.41) is 13.4. The number of carboxylic acids is 1. The summed E-state index contributed by atoms with van der Waals surface area (Å²) in [4.78, 5) is 50.2. The molecule has 11 heteroatoms. The van der Waals surface area contributed by atoms with Gasteiger partial charge in [0.2, 0.25) is 5.91 Å². The second kappa shape index (κ2) is 10.1. The fraction of sp³-hybridized carbons (Fsp3) is 0.333. The minimum absolute atomic E-state index is 0.0633. The zero-order valence-electron chi connectivity index (χ0n) is 17.2. The normalized spacial score (nSPS) is 12.3. The van der Waals surface area contributed by atoms with Crippen LogP contribution in [0.25, 0.3) is 11.3 Å². The molecule has 1 aromatic heterocycles. The monoisotopic (exact) mass is 453 g/mol. The first kappa shape index (κ1) is 24.6. The van der Waals surface area contributed by atoms with Crippen LogP contribution in [-0.4, -0.2) is 46.5 Å². The number of benzene rings is 1. The molecule has 0 aliphatic rings. The van der Waals surface area contributed by atoms with Crippen molar-refractivity contribution in [3.63, 3.8) is 0 Å². The summed E-state index contributed by atoms with van der Waals surface area (Å²) < 4.78 is 38.6. The van der Waals surface area contributed by atoms with E-state index in [-0.39, 0.29) is 11.3 Å². The van der Waals surface area contributed by atoms with Gasteiger partial charge in [0.1, 0.15) is 12.2 Å². The molecule has 1 amide bonds. The fourth-order valence-electron chi connectivity index (χ4n) is 2.99. The van der Waals surface area contributed by atoms with E-state index >= 15 is 0 Å². The highest BCUT2D eigenvalue weighted by Crippen LogP contribution is 2.23. The zero-order chi connectivity index (χ0) is 24.1. The smallest absolute Gasteiger partial charge is 0.452 e. The molecule has 0 aliphatic carbocycles. The molecule has 172 valence electrons. The summed E-state index contributed by atoms with van der Waals surface area (Å²) in [5.41, 5.74) is 0.0791. The van der Waals surface area contributed by atoms with Crippen molar-refractivity contribution in [3.05, 3.63) is 52.3 Å². The maximum Gasteiger partial charge on any atom is 0.452 e. The highest BCUT2D eigenvalue weighted by Gasteiger charge is 2.45. The molecule has 32 heavy (non-hydrogen) atoms. The first-order valence-electron chi connectivity index (χ1n) is 9.57. The number of carboxylic acid groups (broad SMARTS) is 1. The first-order chi connectivity index (χ1) is 14.9. The number of halogens is 3. The topological polar surface area (TPSA) is 128 Å². The predicted octanol–water partition coefficient (Wildman–Crippen LogP) is 2.35. The van der Waals surface area contributed by atoms with Crippen LogP contribution in [-0.2, 0) is 20.8 Å². The molecule has 8 nitrogen and oxygen atoms in total. The van der Waals surface area contributed by atoms with Crippen LogP contribution in [0.3, 0.4) is 0 Å². The molecule has 0 bridgehead atoms. The van der Waals surface area contributed by atoms with Gasteiger partial charge in [-0.25, -0.2) is 0 Å². The van der Waals surface area contributed by atoms with Gasteiger partial charge in [0.05, 0.1) is 12.5 Å². The molecular weight excluding hydrogens is 431 g/mol. The number of rotatable bonds is 9. The number of aromatic nitrogens is 1. The molecule has 2 rings (SSSR count). The zero-order valence-corrected chi connectivity index (χ0v) is 17.2. The molecule has 1 heterocycles. The van der Waals surface area contributed by atoms with Gasteiger partial charge in [0, 0.05) is 5.69 Å². The Kier molecular flexibility index (Phi) is 7.79. The van der Waals surface area contributed by atoms with Crippen molar-refractivity contribution < 1.29 is 32.7 Å². The molecule has 2 aromatic rings. The molecule has 0 saturated carbocycles. The molecule has 1 unspecified atom stereocenters. The first-order valence-corrected chi connectivity index (χ1v) is 9.57. The number of hydrogen-bond acceptors (Lipinski definition) is 5. The Morgan fingerprint density at radius 3 is 2.28 bits per heavy atom. The maximum absolute atomic E-state index is 12.9. The number of anilines is 1. The van der Waals surface area contributed by atoms with Gasteiger partial charge in [-0.2, -0.15) is 13.2 Å². The number of alkyl halides is 3. The van der Waals surface area contributed by atoms with E-state index in [4.69, 9.17) is 5.11 Å². The van der Waals surface area contributed by atoms with Crippen molar-refractivity contribution in [3.8, 4) is 11.3 Å². The van der Waals surface area contributed by atoms with Crippen LogP contribution in [0.15, 0.2) is 41.2 Å². The predicted molar refractivity (Wildman–Crippen MR) is 110 cm³/mol. The van der Waals surface area contributed by atoms with Crippen LogP contribution in [0.2, 0.25) is 0 Å². The molecule has 0 spiro atoms. The van der Waals surface area contributed by atoms with Crippen LogP contribution < -0.4 is 16.2 Å². The molecule has 0 fully saturated rings. The lowest BCUT2D eigenvalue weighted by Crippen LogP contribution is -2.50. The Morgan fingerprint density at radius 1 is 1.12 bits per heavy atom. The van der Waals surface area contributed by atoms with E-state index in [0.717, 1.165) is 0 Å². The number of ketones is 1. The van der Waals surface area contributed by atoms with E-state index in [1.165, 1.54) is 19.9 Å². The number of pyridine rings is 1. The maximum atomic E-state index is 12.9. The van der Waals surface area contributed by atoms with Gasteiger partial charge in [-0.3, -0.25) is 19.2 Å². The summed E-state index contributed by atoms with van der Waals surface area (Å²) in [7, 11) is 0. The number of H-pyrrole nitrogens is 1. The largest absolute Gasteiger partial charge is 0.480 e. The summed E-state index contributed by atoms with van der Waals surface area (Å²) in [6.45, 7) is 2.09. The lowest BCUT2D eigenvalue weighted by atomic mass is 9.98. The minimum atomic E-state index is -5.12. The Morgan fingerprint density at radius 2 is 1.75 bits per heavy atom. The number of aromatic amines is 1. The van der Waals surface area contributed by atoms with Crippen LogP contribution >= 0.6 is 0 Å². The lowest BCUT2D eigenvalue weighted by molar-refractivity contribution is -0.174. The Balaban J connectivity index is 2.39. The van der Waals surface area contributed by atoms with Crippen molar-refractivity contribution in [2.24, 2.45) is 5.92 Å². The van der Waals surface area contributed by atoms with Gasteiger partial charge < -0.3 is 20.7 Å². The van der Waals surface area contributed by atoms with Gasteiger partial charge in [-0.1, -0.05) is 44.2 Å². The van der Waals surface area contributed by atoms with E-state index < -0.39 is 54.3 Å². The van der Waals surface area contributed by atoms with Gasteiger partial charge in [0.15, 0.2) is 0 Å². The van der Waals surface area contributed by atoms with Crippen LogP contribution in [0.4, 0.5) is 18.9 Å². The number of hydrogen-bond donors (Lipinski definition) is 4. The van der Waals surface area contributed by atoms with Crippen molar-refractivity contribution in [1.29, 1.82) is 0 Å². The Bertz CT molecular complexity index is 1050. The fourth-order valence-corrected chi connectivity index (χ4v) is 2.99. The number of aliphatic carboxylic acids is 1. The van der Waals surface area contributed by atoms with E-state index in [1.54, 1.807) is 30.3 Å². The lowest BCUT2D eigenvalue weighted by Gasteiger charge is -2.22. The SMILES string of the molecule is CC(C)C(NC(=O)Cc1cc(-c2ccccc2)[nH]c(=O)c1NCC(=O)O)C(=O)C(F)(F)F. The highest BCUT2D eigenvalue weighted by molar-refractivity contribution is 5.93. The van der Waals surface area contributed by atoms with E-state index in [2.05, 4.69) is 15.6 Å². The van der Waals surface area contributed by atoms with Crippen LogP contribution in [0, 0.1) is 5.92 Å². The molecule has 1 atom stereocenters. The summed E-state index contributed by atoms with van der Waals surface area (Å²) in [6.07, 6.45) is -5.68. The summed E-state index contributed by atoms with van der Waals surface area (Å²) >= 11 is 0. The second-order valence-corrected chi connectivity index (χ2v) is 7.35.